The summed E-state index contributed by atoms with van der Waals surface area (Å²) in [5.74, 6) is 1.69. The molecule has 0 aromatic heterocycles. The molecule has 0 bridgehead atoms. The molecule has 1 rings (SSSR count). The lowest BCUT2D eigenvalue weighted by molar-refractivity contribution is 0.393. The predicted molar refractivity (Wildman–Crippen MR) is 79.0 cm³/mol. The van der Waals surface area contributed by atoms with Gasteiger partial charge in [0.05, 0.1) is 14.2 Å². The van der Waals surface area contributed by atoms with Crippen LogP contribution in [-0.2, 0) is 6.42 Å². The first-order valence-corrected chi connectivity index (χ1v) is 6.85. The minimum absolute atomic E-state index is 0.491. The number of aryl methyl sites for hydroxylation is 1. The van der Waals surface area contributed by atoms with E-state index in [1.54, 1.807) is 14.2 Å². The molecule has 0 heterocycles. The Morgan fingerprint density at radius 3 is 2.32 bits per heavy atom. The van der Waals surface area contributed by atoms with E-state index in [1.807, 2.05) is 6.07 Å². The SMILES string of the molecule is COc1cc(CCCNC(C)CCN)cc(OC)c1. The predicted octanol–water partition coefficient (Wildman–Crippen LogP) is 1.96. The number of methoxy groups -OCH3 is 2. The molecule has 19 heavy (non-hydrogen) atoms. The fourth-order valence-electron chi connectivity index (χ4n) is 2.00. The number of hydrogen-bond acceptors (Lipinski definition) is 4. The van der Waals surface area contributed by atoms with Gasteiger partial charge in [-0.3, -0.25) is 0 Å². The van der Waals surface area contributed by atoms with Gasteiger partial charge in [0.25, 0.3) is 0 Å². The van der Waals surface area contributed by atoms with Crippen molar-refractivity contribution in [3.05, 3.63) is 23.8 Å². The Bertz CT molecular complexity index is 347. The van der Waals surface area contributed by atoms with Crippen LogP contribution in [0, 0.1) is 0 Å². The van der Waals surface area contributed by atoms with Crippen molar-refractivity contribution >= 4 is 0 Å². The molecule has 0 aliphatic rings. The Morgan fingerprint density at radius 1 is 1.16 bits per heavy atom. The molecule has 0 aliphatic carbocycles. The zero-order chi connectivity index (χ0) is 14.1. The topological polar surface area (TPSA) is 56.5 Å². The van der Waals surface area contributed by atoms with Crippen LogP contribution in [0.1, 0.15) is 25.3 Å². The summed E-state index contributed by atoms with van der Waals surface area (Å²) in [6, 6.07) is 6.51. The first kappa shape index (κ1) is 15.8. The third-order valence-corrected chi connectivity index (χ3v) is 3.15. The molecule has 3 N–H and O–H groups in total. The van der Waals surface area contributed by atoms with Crippen LogP contribution >= 0.6 is 0 Å². The monoisotopic (exact) mass is 266 g/mol. The van der Waals surface area contributed by atoms with Crippen molar-refractivity contribution in [1.29, 1.82) is 0 Å². The van der Waals surface area contributed by atoms with Gasteiger partial charge in [-0.15, -0.1) is 0 Å². The van der Waals surface area contributed by atoms with E-state index in [0.29, 0.717) is 6.04 Å². The number of rotatable bonds is 9. The van der Waals surface area contributed by atoms with E-state index in [4.69, 9.17) is 15.2 Å². The van der Waals surface area contributed by atoms with E-state index < -0.39 is 0 Å². The fourth-order valence-corrected chi connectivity index (χ4v) is 2.00. The lowest BCUT2D eigenvalue weighted by Crippen LogP contribution is -2.29. The number of benzene rings is 1. The quantitative estimate of drug-likeness (QED) is 0.671. The van der Waals surface area contributed by atoms with Gasteiger partial charge < -0.3 is 20.5 Å². The summed E-state index contributed by atoms with van der Waals surface area (Å²) in [5.41, 5.74) is 6.76. The van der Waals surface area contributed by atoms with E-state index in [2.05, 4.69) is 24.4 Å². The summed E-state index contributed by atoms with van der Waals surface area (Å²) in [5, 5.41) is 3.47. The van der Waals surface area contributed by atoms with Gasteiger partial charge in [0.15, 0.2) is 0 Å². The van der Waals surface area contributed by atoms with E-state index in [0.717, 1.165) is 43.9 Å². The highest BCUT2D eigenvalue weighted by Crippen LogP contribution is 2.23. The summed E-state index contributed by atoms with van der Waals surface area (Å²) in [4.78, 5) is 0. The highest BCUT2D eigenvalue weighted by Gasteiger charge is 2.03. The maximum Gasteiger partial charge on any atom is 0.122 e. The Labute approximate surface area is 116 Å². The molecule has 4 nitrogen and oxygen atoms in total. The van der Waals surface area contributed by atoms with Crippen LogP contribution in [0.2, 0.25) is 0 Å². The van der Waals surface area contributed by atoms with Crippen LogP contribution in [0.5, 0.6) is 11.5 Å². The second-order valence-electron chi connectivity index (χ2n) is 4.76. The highest BCUT2D eigenvalue weighted by molar-refractivity contribution is 5.38. The van der Waals surface area contributed by atoms with Crippen molar-refractivity contribution in [2.75, 3.05) is 27.3 Å². The third-order valence-electron chi connectivity index (χ3n) is 3.15. The molecule has 108 valence electrons. The summed E-state index contributed by atoms with van der Waals surface area (Å²) in [7, 11) is 3.35. The molecule has 0 aliphatic heterocycles. The average molecular weight is 266 g/mol. The van der Waals surface area contributed by atoms with E-state index in [9.17, 15) is 0 Å². The molecule has 0 saturated heterocycles. The second kappa shape index (κ2) is 8.77. The molecular weight excluding hydrogens is 240 g/mol. The van der Waals surface area contributed by atoms with Crippen LogP contribution in [0.3, 0.4) is 0 Å². The van der Waals surface area contributed by atoms with Crippen molar-refractivity contribution in [2.45, 2.75) is 32.2 Å². The van der Waals surface area contributed by atoms with Crippen molar-refractivity contribution < 1.29 is 9.47 Å². The normalized spacial score (nSPS) is 12.2. The zero-order valence-corrected chi connectivity index (χ0v) is 12.2. The van der Waals surface area contributed by atoms with Gasteiger partial charge in [0, 0.05) is 12.1 Å². The van der Waals surface area contributed by atoms with Crippen molar-refractivity contribution in [3.63, 3.8) is 0 Å². The van der Waals surface area contributed by atoms with Gasteiger partial charge in [-0.2, -0.15) is 0 Å². The summed E-state index contributed by atoms with van der Waals surface area (Å²) < 4.78 is 10.5. The number of nitrogens with one attached hydrogen (secondary N) is 1. The molecule has 0 radical (unpaired) electrons. The molecule has 0 amide bonds. The maximum absolute atomic E-state index is 5.52. The van der Waals surface area contributed by atoms with Gasteiger partial charge in [-0.25, -0.2) is 0 Å². The smallest absolute Gasteiger partial charge is 0.122 e. The first-order valence-electron chi connectivity index (χ1n) is 6.85. The number of hydrogen-bond donors (Lipinski definition) is 2. The van der Waals surface area contributed by atoms with Gasteiger partial charge in [-0.05, 0) is 57.0 Å². The second-order valence-corrected chi connectivity index (χ2v) is 4.76. The van der Waals surface area contributed by atoms with Crippen molar-refractivity contribution in [2.24, 2.45) is 5.73 Å². The molecule has 4 heteroatoms. The Hall–Kier alpha value is -1.26. The molecule has 0 saturated carbocycles. The van der Waals surface area contributed by atoms with Crippen LogP contribution in [-0.4, -0.2) is 33.4 Å². The van der Waals surface area contributed by atoms with Gasteiger partial charge in [0.1, 0.15) is 11.5 Å². The Kier molecular flexibility index (Phi) is 7.30. The molecular formula is C15H26N2O2. The van der Waals surface area contributed by atoms with Crippen LogP contribution in [0.15, 0.2) is 18.2 Å². The maximum atomic E-state index is 5.52. The largest absolute Gasteiger partial charge is 0.497 e. The molecule has 0 fully saturated rings. The first-order chi connectivity index (χ1) is 9.19. The summed E-state index contributed by atoms with van der Waals surface area (Å²) in [6.45, 7) is 3.91. The lowest BCUT2D eigenvalue weighted by Gasteiger charge is -2.13. The molecule has 1 unspecified atom stereocenters. The molecule has 1 atom stereocenters. The summed E-state index contributed by atoms with van der Waals surface area (Å²) >= 11 is 0. The van der Waals surface area contributed by atoms with Gasteiger partial charge >= 0.3 is 0 Å². The summed E-state index contributed by atoms with van der Waals surface area (Å²) in [6.07, 6.45) is 3.12. The number of nitrogens with two attached hydrogens (primary N) is 1. The average Bonchev–Trinajstić information content (AvgIpc) is 2.43. The minimum atomic E-state index is 0.491. The Balaban J connectivity index is 2.40. The van der Waals surface area contributed by atoms with Crippen molar-refractivity contribution in [3.8, 4) is 11.5 Å². The Morgan fingerprint density at radius 2 is 1.79 bits per heavy atom. The van der Waals surface area contributed by atoms with Gasteiger partial charge in [0.2, 0.25) is 0 Å². The molecule has 1 aromatic rings. The van der Waals surface area contributed by atoms with Gasteiger partial charge in [-0.1, -0.05) is 0 Å². The van der Waals surface area contributed by atoms with E-state index >= 15 is 0 Å². The molecule has 0 spiro atoms. The standard InChI is InChI=1S/C15H26N2O2/c1-12(6-7-16)17-8-4-5-13-9-14(18-2)11-15(10-13)19-3/h9-12,17H,4-8,16H2,1-3H3. The molecule has 1 aromatic carbocycles. The highest BCUT2D eigenvalue weighted by atomic mass is 16.5. The van der Waals surface area contributed by atoms with Crippen LogP contribution < -0.4 is 20.5 Å². The minimum Gasteiger partial charge on any atom is -0.497 e. The van der Waals surface area contributed by atoms with E-state index in [-0.39, 0.29) is 0 Å². The number of ether oxygens (including phenoxy) is 2. The van der Waals surface area contributed by atoms with Crippen LogP contribution in [0.25, 0.3) is 0 Å². The fraction of sp³-hybridized carbons (Fsp3) is 0.600. The van der Waals surface area contributed by atoms with Crippen molar-refractivity contribution in [1.82, 2.24) is 5.32 Å². The third kappa shape index (κ3) is 5.94. The van der Waals surface area contributed by atoms with E-state index in [1.165, 1.54) is 5.56 Å². The van der Waals surface area contributed by atoms with Crippen LogP contribution in [0.4, 0.5) is 0 Å². The lowest BCUT2D eigenvalue weighted by atomic mass is 10.1. The zero-order valence-electron chi connectivity index (χ0n) is 12.2.